The molecule has 1 aliphatic rings. The van der Waals surface area contributed by atoms with E-state index in [0.717, 1.165) is 19.4 Å². The highest BCUT2D eigenvalue weighted by molar-refractivity contribution is 6.30. The molecule has 1 aliphatic heterocycles. The van der Waals surface area contributed by atoms with Gasteiger partial charge in [0.05, 0.1) is 12.7 Å². The van der Waals surface area contributed by atoms with Crippen molar-refractivity contribution in [3.05, 3.63) is 53.4 Å². The highest BCUT2D eigenvalue weighted by Gasteiger charge is 2.25. The van der Waals surface area contributed by atoms with Crippen molar-refractivity contribution >= 4 is 17.5 Å². The van der Waals surface area contributed by atoms with Gasteiger partial charge in [-0.15, -0.1) is 0 Å². The molecule has 0 radical (unpaired) electrons. The molecule has 114 valence electrons. The molecule has 1 atom stereocenters. The summed E-state index contributed by atoms with van der Waals surface area (Å²) in [5.74, 6) is 0.498. The molecule has 3 rings (SSSR count). The van der Waals surface area contributed by atoms with Gasteiger partial charge in [0.1, 0.15) is 6.10 Å². The number of piperidine rings is 1. The Morgan fingerprint density at radius 2 is 2.09 bits per heavy atom. The number of nitrogens with zero attached hydrogens (tertiary/aromatic N) is 3. The summed E-state index contributed by atoms with van der Waals surface area (Å²) in [5.41, 5.74) is 0.643. The fourth-order valence-electron chi connectivity index (χ4n) is 2.51. The van der Waals surface area contributed by atoms with Gasteiger partial charge in [-0.1, -0.05) is 11.6 Å². The van der Waals surface area contributed by atoms with E-state index in [-0.39, 0.29) is 12.0 Å². The first-order valence-electron chi connectivity index (χ1n) is 7.20. The summed E-state index contributed by atoms with van der Waals surface area (Å²) in [7, 11) is 0. The van der Waals surface area contributed by atoms with Crippen molar-refractivity contribution in [2.45, 2.75) is 18.9 Å². The van der Waals surface area contributed by atoms with Crippen LogP contribution in [-0.2, 0) is 0 Å². The van der Waals surface area contributed by atoms with Crippen LogP contribution in [0.4, 0.5) is 0 Å². The standard InChI is InChI=1S/C16H16ClN3O2/c17-13-5-3-12(4-6-13)16(21)20-9-1-2-14(11-20)22-15-10-18-7-8-19-15/h3-8,10,14H,1-2,9,11H2. The van der Waals surface area contributed by atoms with E-state index in [2.05, 4.69) is 9.97 Å². The molecule has 2 heterocycles. The van der Waals surface area contributed by atoms with Gasteiger partial charge in [0.25, 0.3) is 5.91 Å². The zero-order chi connectivity index (χ0) is 15.4. The van der Waals surface area contributed by atoms with Gasteiger partial charge in [-0.2, -0.15) is 0 Å². The molecular formula is C16H16ClN3O2. The summed E-state index contributed by atoms with van der Waals surface area (Å²) in [5, 5.41) is 0.624. The number of rotatable bonds is 3. The van der Waals surface area contributed by atoms with E-state index in [1.165, 1.54) is 0 Å². The molecule has 0 N–H and O–H groups in total. The predicted molar refractivity (Wildman–Crippen MR) is 83.0 cm³/mol. The third-order valence-corrected chi connectivity index (χ3v) is 3.84. The molecule has 1 unspecified atom stereocenters. The van der Waals surface area contributed by atoms with Gasteiger partial charge >= 0.3 is 0 Å². The summed E-state index contributed by atoms with van der Waals surface area (Å²) in [6.45, 7) is 1.29. The second-order valence-corrected chi connectivity index (χ2v) is 5.62. The Balaban J connectivity index is 1.65. The van der Waals surface area contributed by atoms with E-state index in [1.807, 2.05) is 4.90 Å². The van der Waals surface area contributed by atoms with Crippen molar-refractivity contribution in [2.24, 2.45) is 0 Å². The number of aromatic nitrogens is 2. The molecule has 0 aliphatic carbocycles. The van der Waals surface area contributed by atoms with Crippen LogP contribution < -0.4 is 4.74 Å². The number of carbonyl (C=O) groups is 1. The maximum Gasteiger partial charge on any atom is 0.253 e. The van der Waals surface area contributed by atoms with Gasteiger partial charge in [-0.25, -0.2) is 4.98 Å². The lowest BCUT2D eigenvalue weighted by atomic mass is 10.1. The highest BCUT2D eigenvalue weighted by Crippen LogP contribution is 2.18. The summed E-state index contributed by atoms with van der Waals surface area (Å²) < 4.78 is 5.80. The monoisotopic (exact) mass is 317 g/mol. The second-order valence-electron chi connectivity index (χ2n) is 5.18. The Bertz CT molecular complexity index is 634. The van der Waals surface area contributed by atoms with Crippen LogP contribution in [0.2, 0.25) is 5.02 Å². The Labute approximate surface area is 133 Å². The quantitative estimate of drug-likeness (QED) is 0.873. The minimum absolute atomic E-state index is 0.00381. The van der Waals surface area contributed by atoms with Crippen molar-refractivity contribution in [3.63, 3.8) is 0 Å². The first-order chi connectivity index (χ1) is 10.7. The normalized spacial score (nSPS) is 18.0. The van der Waals surface area contributed by atoms with Gasteiger partial charge in [0.15, 0.2) is 0 Å². The van der Waals surface area contributed by atoms with Gasteiger partial charge in [0, 0.05) is 29.5 Å². The topological polar surface area (TPSA) is 55.3 Å². The largest absolute Gasteiger partial charge is 0.471 e. The summed E-state index contributed by atoms with van der Waals surface area (Å²) in [6.07, 6.45) is 6.53. The van der Waals surface area contributed by atoms with E-state index in [4.69, 9.17) is 16.3 Å². The molecule has 1 aromatic heterocycles. The molecule has 2 aromatic rings. The number of hydrogen-bond acceptors (Lipinski definition) is 4. The molecule has 0 spiro atoms. The van der Waals surface area contributed by atoms with Crippen LogP contribution in [0.1, 0.15) is 23.2 Å². The molecule has 6 heteroatoms. The number of ether oxygens (including phenoxy) is 1. The van der Waals surface area contributed by atoms with Crippen LogP contribution in [0.3, 0.4) is 0 Å². The van der Waals surface area contributed by atoms with Crippen LogP contribution >= 0.6 is 11.6 Å². The Hall–Kier alpha value is -2.14. The van der Waals surface area contributed by atoms with Gasteiger partial charge < -0.3 is 9.64 Å². The Morgan fingerprint density at radius 3 is 2.82 bits per heavy atom. The Morgan fingerprint density at radius 1 is 1.27 bits per heavy atom. The van der Waals surface area contributed by atoms with E-state index in [1.54, 1.807) is 42.9 Å². The molecule has 1 aromatic carbocycles. The number of benzene rings is 1. The highest BCUT2D eigenvalue weighted by atomic mass is 35.5. The Kier molecular flexibility index (Phi) is 4.53. The van der Waals surface area contributed by atoms with E-state index in [9.17, 15) is 4.79 Å². The summed E-state index contributed by atoms with van der Waals surface area (Å²) in [6, 6.07) is 6.95. The van der Waals surface area contributed by atoms with Crippen molar-refractivity contribution in [1.29, 1.82) is 0 Å². The fraction of sp³-hybridized carbons (Fsp3) is 0.312. The molecule has 22 heavy (non-hydrogen) atoms. The third kappa shape index (κ3) is 3.54. The summed E-state index contributed by atoms with van der Waals surface area (Å²) in [4.78, 5) is 22.4. The van der Waals surface area contributed by atoms with Gasteiger partial charge in [-0.05, 0) is 37.1 Å². The number of amides is 1. The maximum atomic E-state index is 12.5. The lowest BCUT2D eigenvalue weighted by molar-refractivity contribution is 0.0527. The predicted octanol–water partition coefficient (Wildman–Crippen LogP) is 2.81. The van der Waals surface area contributed by atoms with E-state index < -0.39 is 0 Å². The SMILES string of the molecule is O=C(c1ccc(Cl)cc1)N1CCCC(Oc2cnccn2)C1. The van der Waals surface area contributed by atoms with Crippen molar-refractivity contribution in [1.82, 2.24) is 14.9 Å². The fourth-order valence-corrected chi connectivity index (χ4v) is 2.64. The lowest BCUT2D eigenvalue weighted by Gasteiger charge is -2.32. The van der Waals surface area contributed by atoms with Crippen molar-refractivity contribution in [2.75, 3.05) is 13.1 Å². The molecule has 1 saturated heterocycles. The average molecular weight is 318 g/mol. The van der Waals surface area contributed by atoms with E-state index in [0.29, 0.717) is 23.0 Å². The van der Waals surface area contributed by atoms with Crippen LogP contribution in [0, 0.1) is 0 Å². The smallest absolute Gasteiger partial charge is 0.253 e. The van der Waals surface area contributed by atoms with Gasteiger partial charge in [0.2, 0.25) is 5.88 Å². The zero-order valence-electron chi connectivity index (χ0n) is 12.0. The number of likely N-dealkylation sites (tertiary alicyclic amines) is 1. The molecular weight excluding hydrogens is 302 g/mol. The number of halogens is 1. The van der Waals surface area contributed by atoms with Crippen LogP contribution in [0.15, 0.2) is 42.9 Å². The molecule has 1 fully saturated rings. The first kappa shape index (κ1) is 14.8. The molecule has 0 saturated carbocycles. The molecule has 1 amide bonds. The summed E-state index contributed by atoms with van der Waals surface area (Å²) >= 11 is 5.86. The number of carbonyl (C=O) groups excluding carboxylic acids is 1. The van der Waals surface area contributed by atoms with Crippen molar-refractivity contribution < 1.29 is 9.53 Å². The van der Waals surface area contributed by atoms with Crippen LogP contribution in [-0.4, -0.2) is 40.0 Å². The minimum Gasteiger partial charge on any atom is -0.471 e. The third-order valence-electron chi connectivity index (χ3n) is 3.58. The maximum absolute atomic E-state index is 12.5. The first-order valence-corrected chi connectivity index (χ1v) is 7.58. The number of hydrogen-bond donors (Lipinski definition) is 0. The molecule has 0 bridgehead atoms. The minimum atomic E-state index is -0.0540. The van der Waals surface area contributed by atoms with Crippen LogP contribution in [0.25, 0.3) is 0 Å². The van der Waals surface area contributed by atoms with E-state index >= 15 is 0 Å². The zero-order valence-corrected chi connectivity index (χ0v) is 12.7. The molecule has 5 nitrogen and oxygen atoms in total. The van der Waals surface area contributed by atoms with Crippen LogP contribution in [0.5, 0.6) is 5.88 Å². The van der Waals surface area contributed by atoms with Crippen molar-refractivity contribution in [3.8, 4) is 5.88 Å². The van der Waals surface area contributed by atoms with Gasteiger partial charge in [-0.3, -0.25) is 9.78 Å². The average Bonchev–Trinajstić information content (AvgIpc) is 2.56. The second kappa shape index (κ2) is 6.75. The lowest BCUT2D eigenvalue weighted by Crippen LogP contribution is -2.44.